The van der Waals surface area contributed by atoms with Gasteiger partial charge < -0.3 is 15.2 Å². The molecule has 4 nitrogen and oxygen atoms in total. The molecule has 19 heavy (non-hydrogen) atoms. The number of amides is 1. The van der Waals surface area contributed by atoms with E-state index in [1.807, 2.05) is 33.0 Å². The van der Waals surface area contributed by atoms with Gasteiger partial charge in [-0.15, -0.1) is 0 Å². The smallest absolute Gasteiger partial charge is 0.236 e. The van der Waals surface area contributed by atoms with E-state index in [1.54, 1.807) is 0 Å². The average Bonchev–Trinajstić information content (AvgIpc) is 2.74. The predicted molar refractivity (Wildman–Crippen MR) is 77.9 cm³/mol. The van der Waals surface area contributed by atoms with Gasteiger partial charge in [0.2, 0.25) is 5.91 Å². The van der Waals surface area contributed by atoms with Crippen molar-refractivity contribution in [2.24, 2.45) is 7.05 Å². The maximum Gasteiger partial charge on any atom is 0.236 e. The summed E-state index contributed by atoms with van der Waals surface area (Å²) in [6.45, 7) is 5.17. The van der Waals surface area contributed by atoms with Gasteiger partial charge in [0.05, 0.1) is 6.04 Å². The van der Waals surface area contributed by atoms with Gasteiger partial charge in [-0.3, -0.25) is 4.79 Å². The second-order valence-corrected chi connectivity index (χ2v) is 4.78. The van der Waals surface area contributed by atoms with Gasteiger partial charge in [0.1, 0.15) is 0 Å². The lowest BCUT2D eigenvalue weighted by Crippen LogP contribution is -2.41. The van der Waals surface area contributed by atoms with Crippen molar-refractivity contribution < 1.29 is 4.79 Å². The highest BCUT2D eigenvalue weighted by atomic mass is 16.2. The van der Waals surface area contributed by atoms with Crippen LogP contribution in [0, 0.1) is 0 Å². The SMILES string of the molecule is CCNC(=O)C(C)NCc1cn(C)c2ccccc12. The molecule has 0 fully saturated rings. The van der Waals surface area contributed by atoms with Gasteiger partial charge in [-0.1, -0.05) is 18.2 Å². The van der Waals surface area contributed by atoms with Crippen LogP contribution in [0.4, 0.5) is 0 Å². The Balaban J connectivity index is 2.08. The Kier molecular flexibility index (Phi) is 4.22. The van der Waals surface area contributed by atoms with Crippen molar-refractivity contribution in [3.8, 4) is 0 Å². The van der Waals surface area contributed by atoms with E-state index in [9.17, 15) is 4.79 Å². The molecule has 2 N–H and O–H groups in total. The van der Waals surface area contributed by atoms with Crippen molar-refractivity contribution in [3.63, 3.8) is 0 Å². The normalized spacial score (nSPS) is 12.6. The zero-order valence-corrected chi connectivity index (χ0v) is 11.7. The molecule has 2 aromatic rings. The van der Waals surface area contributed by atoms with Crippen LogP contribution in [-0.2, 0) is 18.4 Å². The molecule has 102 valence electrons. The molecule has 0 aliphatic carbocycles. The monoisotopic (exact) mass is 259 g/mol. The molecule has 0 spiro atoms. The van der Waals surface area contributed by atoms with Gasteiger partial charge in [-0.2, -0.15) is 0 Å². The Bertz CT molecular complexity index is 574. The number of rotatable bonds is 5. The van der Waals surface area contributed by atoms with Crippen LogP contribution < -0.4 is 10.6 Å². The van der Waals surface area contributed by atoms with Crippen molar-refractivity contribution in [3.05, 3.63) is 36.0 Å². The van der Waals surface area contributed by atoms with Crippen LogP contribution in [0.1, 0.15) is 19.4 Å². The topological polar surface area (TPSA) is 46.1 Å². The number of nitrogens with zero attached hydrogens (tertiary/aromatic N) is 1. The van der Waals surface area contributed by atoms with E-state index in [0.29, 0.717) is 13.1 Å². The second kappa shape index (κ2) is 5.89. The fourth-order valence-corrected chi connectivity index (χ4v) is 2.25. The minimum Gasteiger partial charge on any atom is -0.355 e. The number of aromatic nitrogens is 1. The van der Waals surface area contributed by atoms with Gasteiger partial charge in [0.25, 0.3) is 0 Å². The van der Waals surface area contributed by atoms with Gasteiger partial charge >= 0.3 is 0 Å². The summed E-state index contributed by atoms with van der Waals surface area (Å²) in [4.78, 5) is 11.7. The molecular formula is C15H21N3O. The molecule has 0 aliphatic heterocycles. The minimum absolute atomic E-state index is 0.0442. The van der Waals surface area contributed by atoms with Gasteiger partial charge in [0, 0.05) is 37.2 Å². The second-order valence-electron chi connectivity index (χ2n) is 4.78. The quantitative estimate of drug-likeness (QED) is 0.860. The number of nitrogens with one attached hydrogen (secondary N) is 2. The number of fused-ring (bicyclic) bond motifs is 1. The summed E-state index contributed by atoms with van der Waals surface area (Å²) in [5.41, 5.74) is 2.43. The molecule has 4 heteroatoms. The third-order valence-electron chi connectivity index (χ3n) is 3.32. The van der Waals surface area contributed by atoms with Crippen LogP contribution in [0.3, 0.4) is 0 Å². The van der Waals surface area contributed by atoms with Crippen LogP contribution >= 0.6 is 0 Å². The summed E-state index contributed by atoms with van der Waals surface area (Å²) in [7, 11) is 2.04. The number of carbonyl (C=O) groups excluding carboxylic acids is 1. The number of hydrogen-bond acceptors (Lipinski definition) is 2. The Hall–Kier alpha value is -1.81. The Morgan fingerprint density at radius 2 is 2.11 bits per heavy atom. The Labute approximate surface area is 113 Å². The summed E-state index contributed by atoms with van der Waals surface area (Å²) in [6, 6.07) is 8.12. The molecular weight excluding hydrogens is 238 g/mol. The van der Waals surface area contributed by atoms with Gasteiger partial charge in [0.15, 0.2) is 0 Å². The fourth-order valence-electron chi connectivity index (χ4n) is 2.25. The summed E-state index contributed by atoms with van der Waals surface area (Å²) in [5, 5.41) is 7.32. The summed E-state index contributed by atoms with van der Waals surface area (Å²) < 4.78 is 2.11. The zero-order chi connectivity index (χ0) is 13.8. The number of likely N-dealkylation sites (N-methyl/N-ethyl adjacent to an activating group) is 1. The maximum atomic E-state index is 11.7. The minimum atomic E-state index is -0.182. The highest BCUT2D eigenvalue weighted by Gasteiger charge is 2.12. The lowest BCUT2D eigenvalue weighted by molar-refractivity contribution is -0.122. The zero-order valence-electron chi connectivity index (χ0n) is 11.7. The number of benzene rings is 1. The first-order valence-corrected chi connectivity index (χ1v) is 6.67. The molecule has 2 rings (SSSR count). The number of para-hydroxylation sites is 1. The molecule has 1 unspecified atom stereocenters. The van der Waals surface area contributed by atoms with Crippen LogP contribution in [0.15, 0.2) is 30.5 Å². The van der Waals surface area contributed by atoms with E-state index in [4.69, 9.17) is 0 Å². The van der Waals surface area contributed by atoms with E-state index >= 15 is 0 Å². The first-order chi connectivity index (χ1) is 9.13. The summed E-state index contributed by atoms with van der Waals surface area (Å²) in [6.07, 6.45) is 2.11. The third-order valence-corrected chi connectivity index (χ3v) is 3.32. The molecule has 0 radical (unpaired) electrons. The Morgan fingerprint density at radius 3 is 2.84 bits per heavy atom. The number of aryl methyl sites for hydroxylation is 1. The van der Waals surface area contributed by atoms with Crippen LogP contribution in [0.2, 0.25) is 0 Å². The van der Waals surface area contributed by atoms with E-state index in [-0.39, 0.29) is 11.9 Å². The maximum absolute atomic E-state index is 11.7. The highest BCUT2D eigenvalue weighted by molar-refractivity contribution is 5.84. The molecule has 1 aromatic heterocycles. The fraction of sp³-hybridized carbons (Fsp3) is 0.400. The summed E-state index contributed by atoms with van der Waals surface area (Å²) in [5.74, 6) is 0.0442. The van der Waals surface area contributed by atoms with E-state index in [2.05, 4.69) is 33.5 Å². The average molecular weight is 259 g/mol. The predicted octanol–water partition coefficient (Wildman–Crippen LogP) is 1.79. The molecule has 1 atom stereocenters. The van der Waals surface area contributed by atoms with Crippen molar-refractivity contribution in [2.45, 2.75) is 26.4 Å². The van der Waals surface area contributed by atoms with Crippen molar-refractivity contribution >= 4 is 16.8 Å². The molecule has 1 amide bonds. The lowest BCUT2D eigenvalue weighted by atomic mass is 10.1. The third kappa shape index (κ3) is 2.96. The van der Waals surface area contributed by atoms with Crippen LogP contribution in [0.5, 0.6) is 0 Å². The van der Waals surface area contributed by atoms with Crippen molar-refractivity contribution in [1.82, 2.24) is 15.2 Å². The van der Waals surface area contributed by atoms with E-state index in [1.165, 1.54) is 16.5 Å². The van der Waals surface area contributed by atoms with Gasteiger partial charge in [-0.25, -0.2) is 0 Å². The first-order valence-electron chi connectivity index (χ1n) is 6.67. The standard InChI is InChI=1S/C15H21N3O/c1-4-16-15(19)11(2)17-9-12-10-18(3)14-8-6-5-7-13(12)14/h5-8,10-11,17H,4,9H2,1-3H3,(H,16,19). The van der Waals surface area contributed by atoms with Gasteiger partial charge in [-0.05, 0) is 25.5 Å². The van der Waals surface area contributed by atoms with E-state index in [0.717, 1.165) is 0 Å². The van der Waals surface area contributed by atoms with E-state index < -0.39 is 0 Å². The number of carbonyl (C=O) groups is 1. The molecule has 0 bridgehead atoms. The van der Waals surface area contributed by atoms with Crippen LogP contribution in [-0.4, -0.2) is 23.1 Å². The van der Waals surface area contributed by atoms with Crippen molar-refractivity contribution in [2.75, 3.05) is 6.54 Å². The highest BCUT2D eigenvalue weighted by Crippen LogP contribution is 2.19. The lowest BCUT2D eigenvalue weighted by Gasteiger charge is -2.12. The van der Waals surface area contributed by atoms with Crippen molar-refractivity contribution in [1.29, 1.82) is 0 Å². The number of hydrogen-bond donors (Lipinski definition) is 2. The largest absolute Gasteiger partial charge is 0.355 e. The van der Waals surface area contributed by atoms with Crippen LogP contribution in [0.25, 0.3) is 10.9 Å². The molecule has 1 heterocycles. The first kappa shape index (κ1) is 13.6. The summed E-state index contributed by atoms with van der Waals surface area (Å²) >= 11 is 0. The molecule has 0 saturated heterocycles. The molecule has 0 aliphatic rings. The molecule has 0 saturated carbocycles. The Morgan fingerprint density at radius 1 is 1.37 bits per heavy atom. The molecule has 1 aromatic carbocycles.